The number of amides is 1. The number of rotatable bonds is 8. The van der Waals surface area contributed by atoms with Crippen molar-refractivity contribution in [3.63, 3.8) is 0 Å². The van der Waals surface area contributed by atoms with Gasteiger partial charge in [0.1, 0.15) is 5.75 Å². The lowest BCUT2D eigenvalue weighted by Gasteiger charge is -2.32. The van der Waals surface area contributed by atoms with Crippen molar-refractivity contribution >= 4 is 23.5 Å². The maximum Gasteiger partial charge on any atom is 0.252 e. The SMILES string of the molecule is Cc1cc(OCCCC2CCN(c3ncc(Cl)cn3)CC2)cc(C)c1C(=O)N[C@@H]1CCNC1. The van der Waals surface area contributed by atoms with Gasteiger partial charge in [0.25, 0.3) is 5.91 Å². The molecule has 2 aliphatic rings. The molecule has 0 bridgehead atoms. The van der Waals surface area contributed by atoms with Gasteiger partial charge >= 0.3 is 0 Å². The Morgan fingerprint density at radius 1 is 1.18 bits per heavy atom. The number of nitrogens with zero attached hydrogens (tertiary/aromatic N) is 3. The molecule has 1 aromatic heterocycles. The number of piperidine rings is 1. The van der Waals surface area contributed by atoms with Crippen molar-refractivity contribution in [2.45, 2.75) is 52.0 Å². The predicted molar refractivity (Wildman–Crippen MR) is 131 cm³/mol. The molecule has 4 rings (SSSR count). The molecule has 0 radical (unpaired) electrons. The predicted octanol–water partition coefficient (Wildman–Crippen LogP) is 3.91. The van der Waals surface area contributed by atoms with Gasteiger partial charge in [-0.3, -0.25) is 4.79 Å². The monoisotopic (exact) mass is 471 g/mol. The van der Waals surface area contributed by atoms with Gasteiger partial charge < -0.3 is 20.3 Å². The van der Waals surface area contributed by atoms with Gasteiger partial charge in [-0.15, -0.1) is 0 Å². The first-order valence-corrected chi connectivity index (χ1v) is 12.4. The van der Waals surface area contributed by atoms with E-state index in [9.17, 15) is 4.79 Å². The summed E-state index contributed by atoms with van der Waals surface area (Å²) in [5, 5.41) is 6.99. The molecule has 0 aliphatic carbocycles. The largest absolute Gasteiger partial charge is 0.494 e. The van der Waals surface area contributed by atoms with E-state index in [1.165, 1.54) is 0 Å². The second-order valence-corrected chi connectivity index (χ2v) is 9.65. The highest BCUT2D eigenvalue weighted by atomic mass is 35.5. The van der Waals surface area contributed by atoms with Crippen LogP contribution in [0.1, 0.15) is 53.6 Å². The van der Waals surface area contributed by atoms with Crippen molar-refractivity contribution in [1.29, 1.82) is 0 Å². The van der Waals surface area contributed by atoms with E-state index in [-0.39, 0.29) is 11.9 Å². The Morgan fingerprint density at radius 3 is 2.52 bits per heavy atom. The number of hydrogen-bond acceptors (Lipinski definition) is 6. The van der Waals surface area contributed by atoms with Gasteiger partial charge in [-0.1, -0.05) is 11.6 Å². The van der Waals surface area contributed by atoms with Crippen LogP contribution in [0.3, 0.4) is 0 Å². The van der Waals surface area contributed by atoms with Crippen LogP contribution in [-0.4, -0.2) is 54.7 Å². The number of halogens is 1. The molecule has 8 heteroatoms. The van der Waals surface area contributed by atoms with Crippen LogP contribution >= 0.6 is 11.6 Å². The minimum absolute atomic E-state index is 0.0144. The highest BCUT2D eigenvalue weighted by molar-refractivity contribution is 6.30. The molecule has 2 aliphatic heterocycles. The Hall–Kier alpha value is -2.38. The van der Waals surface area contributed by atoms with Crippen molar-refractivity contribution in [2.24, 2.45) is 5.92 Å². The fourth-order valence-corrected chi connectivity index (χ4v) is 4.95. The molecule has 1 aromatic carbocycles. The third kappa shape index (κ3) is 6.36. The quantitative estimate of drug-likeness (QED) is 0.568. The van der Waals surface area contributed by atoms with Gasteiger partial charge in [-0.2, -0.15) is 0 Å². The van der Waals surface area contributed by atoms with Crippen molar-refractivity contribution < 1.29 is 9.53 Å². The highest BCUT2D eigenvalue weighted by Gasteiger charge is 2.22. The van der Waals surface area contributed by atoms with Crippen LogP contribution < -0.4 is 20.3 Å². The van der Waals surface area contributed by atoms with Crippen LogP contribution in [0, 0.1) is 19.8 Å². The molecule has 178 valence electrons. The van der Waals surface area contributed by atoms with E-state index in [0.717, 1.165) is 86.7 Å². The first-order valence-electron chi connectivity index (χ1n) is 12.0. The lowest BCUT2D eigenvalue weighted by atomic mass is 9.92. The van der Waals surface area contributed by atoms with E-state index >= 15 is 0 Å². The van der Waals surface area contributed by atoms with E-state index in [4.69, 9.17) is 16.3 Å². The number of nitrogens with one attached hydrogen (secondary N) is 2. The molecular weight excluding hydrogens is 438 g/mol. The van der Waals surface area contributed by atoms with Gasteiger partial charge in [-0.25, -0.2) is 9.97 Å². The first kappa shape index (κ1) is 23.8. The Bertz CT molecular complexity index is 915. The Kier molecular flexibility index (Phi) is 8.04. The third-order valence-electron chi connectivity index (χ3n) is 6.66. The van der Waals surface area contributed by atoms with E-state index in [1.54, 1.807) is 12.4 Å². The topological polar surface area (TPSA) is 79.4 Å². The zero-order valence-corrected chi connectivity index (χ0v) is 20.3. The summed E-state index contributed by atoms with van der Waals surface area (Å²) in [5.74, 6) is 2.33. The first-order chi connectivity index (χ1) is 16.0. The highest BCUT2D eigenvalue weighted by Crippen LogP contribution is 2.26. The molecule has 0 unspecified atom stereocenters. The standard InChI is InChI=1S/C25H34ClN5O2/c1-17-12-22(13-18(2)23(17)24(32)30-21-5-8-27-16-21)33-11-3-4-19-6-9-31(10-7-19)25-28-14-20(26)15-29-25/h12-15,19,21,27H,3-11,16H2,1-2H3,(H,30,32)/t21-/m1/s1. The van der Waals surface area contributed by atoms with Crippen molar-refractivity contribution in [3.05, 3.63) is 46.2 Å². The molecule has 33 heavy (non-hydrogen) atoms. The fraction of sp³-hybridized carbons (Fsp3) is 0.560. The second-order valence-electron chi connectivity index (χ2n) is 9.22. The summed E-state index contributed by atoms with van der Waals surface area (Å²) in [6, 6.07) is 4.19. The molecule has 7 nitrogen and oxygen atoms in total. The molecule has 2 saturated heterocycles. The van der Waals surface area contributed by atoms with Gasteiger partial charge in [0, 0.05) is 31.2 Å². The summed E-state index contributed by atoms with van der Waals surface area (Å²) in [4.78, 5) is 23.6. The number of benzene rings is 1. The number of hydrogen-bond donors (Lipinski definition) is 2. The number of carbonyl (C=O) groups is 1. The fourth-order valence-electron chi connectivity index (χ4n) is 4.85. The van der Waals surface area contributed by atoms with Crippen LogP contribution in [0.4, 0.5) is 5.95 Å². The van der Waals surface area contributed by atoms with E-state index < -0.39 is 0 Å². The maximum absolute atomic E-state index is 12.7. The Balaban J connectivity index is 1.20. The minimum atomic E-state index is 0.0144. The number of ether oxygens (including phenoxy) is 1. The molecule has 0 spiro atoms. The van der Waals surface area contributed by atoms with Crippen molar-refractivity contribution in [3.8, 4) is 5.75 Å². The number of carbonyl (C=O) groups excluding carboxylic acids is 1. The summed E-state index contributed by atoms with van der Waals surface area (Å²) in [6.07, 6.45) is 8.76. The van der Waals surface area contributed by atoms with Crippen LogP contribution in [0.5, 0.6) is 5.75 Å². The van der Waals surface area contributed by atoms with Crippen LogP contribution in [0.2, 0.25) is 5.02 Å². The summed E-state index contributed by atoms with van der Waals surface area (Å²) in [5.41, 5.74) is 2.70. The normalized spacial score (nSPS) is 19.0. The van der Waals surface area contributed by atoms with E-state index in [0.29, 0.717) is 17.5 Å². The zero-order valence-electron chi connectivity index (χ0n) is 19.6. The van der Waals surface area contributed by atoms with Gasteiger partial charge in [0.05, 0.1) is 24.0 Å². The van der Waals surface area contributed by atoms with Crippen LogP contribution in [0.25, 0.3) is 0 Å². The molecule has 2 fully saturated rings. The Labute approximate surface area is 201 Å². The minimum Gasteiger partial charge on any atom is -0.494 e. The maximum atomic E-state index is 12.7. The third-order valence-corrected chi connectivity index (χ3v) is 6.85. The van der Waals surface area contributed by atoms with Gasteiger partial charge in [0.2, 0.25) is 5.95 Å². The smallest absolute Gasteiger partial charge is 0.252 e. The lowest BCUT2D eigenvalue weighted by molar-refractivity contribution is 0.0939. The molecule has 3 heterocycles. The zero-order chi connectivity index (χ0) is 23.2. The summed E-state index contributed by atoms with van der Waals surface area (Å²) >= 11 is 5.88. The van der Waals surface area contributed by atoms with Crippen molar-refractivity contribution in [1.82, 2.24) is 20.6 Å². The average Bonchev–Trinajstić information content (AvgIpc) is 3.30. The van der Waals surface area contributed by atoms with E-state index in [1.807, 2.05) is 26.0 Å². The molecule has 1 atom stereocenters. The number of aromatic nitrogens is 2. The average molecular weight is 472 g/mol. The number of aryl methyl sites for hydroxylation is 2. The van der Waals surface area contributed by atoms with Crippen LogP contribution in [0.15, 0.2) is 24.5 Å². The summed E-state index contributed by atoms with van der Waals surface area (Å²) < 4.78 is 6.04. The molecule has 2 aromatic rings. The summed E-state index contributed by atoms with van der Waals surface area (Å²) in [7, 11) is 0. The molecular formula is C25H34ClN5O2. The molecule has 1 amide bonds. The lowest BCUT2D eigenvalue weighted by Crippen LogP contribution is -2.36. The van der Waals surface area contributed by atoms with Gasteiger partial charge in [0.15, 0.2) is 0 Å². The molecule has 2 N–H and O–H groups in total. The Morgan fingerprint density at radius 2 is 1.88 bits per heavy atom. The van der Waals surface area contributed by atoms with Gasteiger partial charge in [-0.05, 0) is 81.7 Å². The summed E-state index contributed by atoms with van der Waals surface area (Å²) in [6.45, 7) is 8.43. The van der Waals surface area contributed by atoms with Crippen LogP contribution in [-0.2, 0) is 0 Å². The van der Waals surface area contributed by atoms with E-state index in [2.05, 4.69) is 25.5 Å². The van der Waals surface area contributed by atoms with Crippen molar-refractivity contribution in [2.75, 3.05) is 37.7 Å². The molecule has 0 saturated carbocycles. The second kappa shape index (κ2) is 11.2. The number of anilines is 1.